The van der Waals surface area contributed by atoms with Crippen LogP contribution in [0.1, 0.15) is 17.0 Å². The number of aryl methyl sites for hydroxylation is 1. The zero-order chi connectivity index (χ0) is 24.9. The summed E-state index contributed by atoms with van der Waals surface area (Å²) in [6.45, 7) is 2.30. The second-order valence-electron chi connectivity index (χ2n) is 8.46. The zero-order valence-corrected chi connectivity index (χ0v) is 19.5. The number of likely N-dealkylation sites (tertiary alicyclic amines) is 1. The highest BCUT2D eigenvalue weighted by atomic mass is 19.2. The van der Waals surface area contributed by atoms with E-state index in [1.165, 1.54) is 6.07 Å². The van der Waals surface area contributed by atoms with Crippen LogP contribution in [0.15, 0.2) is 48.5 Å². The van der Waals surface area contributed by atoms with E-state index in [1.807, 2.05) is 0 Å². The lowest BCUT2D eigenvalue weighted by Gasteiger charge is -2.20. The molecule has 0 aliphatic carbocycles. The number of ether oxygens (including phenoxy) is 1. The molecule has 2 N–H and O–H groups in total. The number of amides is 2. The third-order valence-corrected chi connectivity index (χ3v) is 6.13. The molecule has 0 radical (unpaired) electrons. The summed E-state index contributed by atoms with van der Waals surface area (Å²) in [5.74, 6) is -1.54. The normalized spacial score (nSPS) is 17.8. The number of hydrogen-bond donors (Lipinski definition) is 2. The Morgan fingerprint density at radius 1 is 1.17 bits per heavy atom. The van der Waals surface area contributed by atoms with Crippen molar-refractivity contribution in [3.8, 4) is 17.3 Å². The van der Waals surface area contributed by atoms with Crippen molar-refractivity contribution in [3.63, 3.8) is 0 Å². The highest BCUT2D eigenvalue weighted by molar-refractivity contribution is 5.89. The molecule has 1 saturated heterocycles. The molecule has 1 aromatic heterocycles. The summed E-state index contributed by atoms with van der Waals surface area (Å²) in [7, 11) is 3.33. The van der Waals surface area contributed by atoms with Gasteiger partial charge < -0.3 is 10.1 Å². The maximum atomic E-state index is 13.9. The van der Waals surface area contributed by atoms with Crippen molar-refractivity contribution in [2.45, 2.75) is 12.0 Å². The molecular weight excluding hydrogens is 454 g/mol. The Balaban J connectivity index is 1.47. The van der Waals surface area contributed by atoms with Gasteiger partial charge in [-0.15, -0.1) is 0 Å². The highest BCUT2D eigenvalue weighted by Crippen LogP contribution is 2.29. The molecule has 1 aliphatic rings. The van der Waals surface area contributed by atoms with Crippen LogP contribution in [-0.2, 0) is 11.8 Å². The molecular formula is C25H26F2N6O2. The van der Waals surface area contributed by atoms with E-state index >= 15 is 0 Å². The van der Waals surface area contributed by atoms with Crippen molar-refractivity contribution >= 4 is 11.8 Å². The number of carbonyl (C=O) groups excluding carboxylic acids is 1. The monoisotopic (exact) mass is 480 g/mol. The number of carbonyl (C=O) groups is 1. The molecule has 8 nitrogen and oxygen atoms in total. The summed E-state index contributed by atoms with van der Waals surface area (Å²) in [5, 5.41) is 19.2. The van der Waals surface area contributed by atoms with Gasteiger partial charge in [0.25, 0.3) is 0 Å². The molecule has 182 valence electrons. The van der Waals surface area contributed by atoms with Gasteiger partial charge in [-0.1, -0.05) is 18.2 Å². The number of nitrogens with zero attached hydrogens (tertiary/aromatic N) is 4. The molecule has 1 aliphatic heterocycles. The molecule has 0 unspecified atom stereocenters. The van der Waals surface area contributed by atoms with Gasteiger partial charge in [-0.2, -0.15) is 10.4 Å². The third kappa shape index (κ3) is 5.65. The van der Waals surface area contributed by atoms with Crippen molar-refractivity contribution in [2.75, 3.05) is 38.7 Å². The number of nitriles is 1. The SMILES string of the molecule is COCCN1C[C@@H](NC(=O)Nc2cc(-c3ccc(C#N)cc3)nn2C)[C@H](c2ccc(F)c(F)c2)C1. The molecule has 2 heterocycles. The molecule has 0 saturated carbocycles. The van der Waals surface area contributed by atoms with Gasteiger partial charge in [0.2, 0.25) is 0 Å². The molecule has 1 fully saturated rings. The summed E-state index contributed by atoms with van der Waals surface area (Å²) >= 11 is 0. The molecule has 0 bridgehead atoms. The highest BCUT2D eigenvalue weighted by Gasteiger charge is 2.35. The number of aromatic nitrogens is 2. The largest absolute Gasteiger partial charge is 0.383 e. The van der Waals surface area contributed by atoms with Crippen LogP contribution >= 0.6 is 0 Å². The third-order valence-electron chi connectivity index (χ3n) is 6.13. The first-order chi connectivity index (χ1) is 16.9. The lowest BCUT2D eigenvalue weighted by molar-refractivity contribution is 0.159. The van der Waals surface area contributed by atoms with Crippen LogP contribution in [0.4, 0.5) is 19.4 Å². The first kappa shape index (κ1) is 24.3. The lowest BCUT2D eigenvalue weighted by Crippen LogP contribution is -2.42. The van der Waals surface area contributed by atoms with Crippen molar-refractivity contribution < 1.29 is 18.3 Å². The number of methoxy groups -OCH3 is 1. The van der Waals surface area contributed by atoms with Gasteiger partial charge in [-0.05, 0) is 29.8 Å². The smallest absolute Gasteiger partial charge is 0.320 e. The van der Waals surface area contributed by atoms with Gasteiger partial charge >= 0.3 is 6.03 Å². The molecule has 2 aromatic carbocycles. The van der Waals surface area contributed by atoms with Gasteiger partial charge in [0.15, 0.2) is 11.6 Å². The quantitative estimate of drug-likeness (QED) is 0.540. The van der Waals surface area contributed by atoms with Crippen molar-refractivity contribution in [1.82, 2.24) is 20.0 Å². The number of hydrogen-bond acceptors (Lipinski definition) is 5. The first-order valence-electron chi connectivity index (χ1n) is 11.2. The zero-order valence-electron chi connectivity index (χ0n) is 19.5. The first-order valence-corrected chi connectivity index (χ1v) is 11.2. The van der Waals surface area contributed by atoms with Gasteiger partial charge in [0.05, 0.1) is 30.0 Å². The van der Waals surface area contributed by atoms with E-state index in [0.717, 1.165) is 11.6 Å². The van der Waals surface area contributed by atoms with Crippen molar-refractivity contribution in [1.29, 1.82) is 5.26 Å². The van der Waals surface area contributed by atoms with Gasteiger partial charge in [-0.3, -0.25) is 14.9 Å². The van der Waals surface area contributed by atoms with Gasteiger partial charge in [0, 0.05) is 51.3 Å². The number of rotatable bonds is 7. The number of nitrogens with one attached hydrogen (secondary N) is 2. The summed E-state index contributed by atoms with van der Waals surface area (Å²) in [5.41, 5.74) is 2.64. The number of anilines is 1. The van der Waals surface area contributed by atoms with E-state index in [2.05, 4.69) is 26.7 Å². The molecule has 2 amide bonds. The predicted molar refractivity (Wildman–Crippen MR) is 127 cm³/mol. The Hall–Kier alpha value is -3.81. The van der Waals surface area contributed by atoms with Crippen LogP contribution in [0.25, 0.3) is 11.3 Å². The topological polar surface area (TPSA) is 95.2 Å². The molecule has 3 aromatic rings. The maximum Gasteiger partial charge on any atom is 0.320 e. The van der Waals surface area contributed by atoms with Crippen molar-refractivity contribution in [3.05, 3.63) is 71.3 Å². The minimum Gasteiger partial charge on any atom is -0.383 e. The van der Waals surface area contributed by atoms with Crippen LogP contribution < -0.4 is 10.6 Å². The Kier molecular flexibility index (Phi) is 7.39. The van der Waals surface area contributed by atoms with E-state index < -0.39 is 17.7 Å². The molecule has 2 atom stereocenters. The fourth-order valence-corrected chi connectivity index (χ4v) is 4.28. The lowest BCUT2D eigenvalue weighted by atomic mass is 9.94. The second-order valence-corrected chi connectivity index (χ2v) is 8.46. The fourth-order valence-electron chi connectivity index (χ4n) is 4.28. The standard InChI is InChI=1S/C25H26F2N6O2/c1-32-24(12-22(31-32)17-5-3-16(13-28)4-6-17)30-25(34)29-23-15-33(9-10-35-2)14-19(23)18-7-8-20(26)21(27)11-18/h3-8,11-12,19,23H,9-10,14-15H2,1-2H3,(H2,29,30,34)/t19-,23+/m0/s1. The predicted octanol–water partition coefficient (Wildman–Crippen LogP) is 3.47. The Labute approximate surface area is 202 Å². The van der Waals surface area contributed by atoms with Crippen LogP contribution in [-0.4, -0.2) is 60.1 Å². The van der Waals surface area contributed by atoms with Gasteiger partial charge in [0.1, 0.15) is 5.82 Å². The number of urea groups is 1. The summed E-state index contributed by atoms with van der Waals surface area (Å²) in [6, 6.07) is 13.9. The average Bonchev–Trinajstić information content (AvgIpc) is 3.42. The number of benzene rings is 2. The van der Waals surface area contributed by atoms with Gasteiger partial charge in [-0.25, -0.2) is 13.6 Å². The Bertz CT molecular complexity index is 1240. The molecule has 0 spiro atoms. The minimum absolute atomic E-state index is 0.214. The summed E-state index contributed by atoms with van der Waals surface area (Å²) in [4.78, 5) is 15.0. The van der Waals surface area contributed by atoms with E-state index in [9.17, 15) is 13.6 Å². The van der Waals surface area contributed by atoms with E-state index in [4.69, 9.17) is 10.00 Å². The van der Waals surface area contributed by atoms with Crippen LogP contribution in [0.2, 0.25) is 0 Å². The van der Waals surface area contributed by atoms with E-state index in [-0.39, 0.29) is 12.0 Å². The maximum absolute atomic E-state index is 13.9. The number of halogens is 2. The van der Waals surface area contributed by atoms with E-state index in [1.54, 1.807) is 55.2 Å². The molecule has 35 heavy (non-hydrogen) atoms. The second kappa shape index (κ2) is 10.6. The fraction of sp³-hybridized carbons (Fsp3) is 0.320. The molecule has 4 rings (SSSR count). The summed E-state index contributed by atoms with van der Waals surface area (Å²) < 4.78 is 34.1. The van der Waals surface area contributed by atoms with Crippen LogP contribution in [0.5, 0.6) is 0 Å². The minimum atomic E-state index is -0.911. The van der Waals surface area contributed by atoms with Crippen molar-refractivity contribution in [2.24, 2.45) is 7.05 Å². The molecule has 10 heteroatoms. The van der Waals surface area contributed by atoms with Crippen LogP contribution in [0.3, 0.4) is 0 Å². The summed E-state index contributed by atoms with van der Waals surface area (Å²) in [6.07, 6.45) is 0. The van der Waals surface area contributed by atoms with E-state index in [0.29, 0.717) is 48.9 Å². The Morgan fingerprint density at radius 2 is 1.94 bits per heavy atom. The Morgan fingerprint density at radius 3 is 2.63 bits per heavy atom. The average molecular weight is 481 g/mol. The van der Waals surface area contributed by atoms with Crippen LogP contribution in [0, 0.1) is 23.0 Å².